The third kappa shape index (κ3) is 3.03. The average molecular weight is 317 g/mol. The molecule has 4 heteroatoms. The molecule has 1 fully saturated rings. The van der Waals surface area contributed by atoms with Gasteiger partial charge in [-0.3, -0.25) is 0 Å². The van der Waals surface area contributed by atoms with Crippen LogP contribution in [0.2, 0.25) is 0 Å². The number of nitrogens with zero attached hydrogens (tertiary/aromatic N) is 2. The van der Waals surface area contributed by atoms with Gasteiger partial charge in [0, 0.05) is 22.0 Å². The second kappa shape index (κ2) is 5.09. The minimum absolute atomic E-state index is 0.554. The monoisotopic (exact) mass is 317 g/mol. The van der Waals surface area contributed by atoms with Crippen LogP contribution in [0.15, 0.2) is 12.4 Å². The number of halogens is 1. The second-order valence-corrected chi connectivity index (χ2v) is 5.48. The Kier molecular flexibility index (Phi) is 3.77. The fourth-order valence-electron chi connectivity index (χ4n) is 2.08. The summed E-state index contributed by atoms with van der Waals surface area (Å²) in [5.41, 5.74) is 0. The molecule has 0 amide bonds. The first-order valence-electron chi connectivity index (χ1n) is 5.50. The van der Waals surface area contributed by atoms with E-state index in [1.54, 1.807) is 0 Å². The maximum atomic E-state index is 4.28. The lowest BCUT2D eigenvalue weighted by molar-refractivity contribution is 0.348. The van der Waals surface area contributed by atoms with Crippen LogP contribution in [0.25, 0.3) is 0 Å². The molecule has 0 spiro atoms. The largest absolute Gasteiger partial charge is 0.351 e. The molecule has 1 aliphatic carbocycles. The van der Waals surface area contributed by atoms with E-state index in [1.165, 1.54) is 25.7 Å². The summed E-state index contributed by atoms with van der Waals surface area (Å²) < 4.78 is 1.08. The smallest absolute Gasteiger partial charge is 0.222 e. The zero-order valence-electron chi connectivity index (χ0n) is 8.91. The lowest BCUT2D eigenvalue weighted by Gasteiger charge is -2.29. The minimum atomic E-state index is 0.554. The minimum Gasteiger partial charge on any atom is -0.351 e. The molecule has 2 atom stereocenters. The van der Waals surface area contributed by atoms with Crippen LogP contribution in [0, 0.1) is 9.49 Å². The number of hydrogen-bond donors (Lipinski definition) is 1. The lowest BCUT2D eigenvalue weighted by atomic mass is 9.86. The quantitative estimate of drug-likeness (QED) is 0.852. The summed E-state index contributed by atoms with van der Waals surface area (Å²) in [7, 11) is 0. The van der Waals surface area contributed by atoms with Crippen molar-refractivity contribution in [1.29, 1.82) is 0 Å². The van der Waals surface area contributed by atoms with Crippen LogP contribution in [0.5, 0.6) is 0 Å². The van der Waals surface area contributed by atoms with Crippen LogP contribution in [0.4, 0.5) is 5.95 Å². The number of aromatic nitrogens is 2. The van der Waals surface area contributed by atoms with Crippen molar-refractivity contribution in [3.63, 3.8) is 0 Å². The van der Waals surface area contributed by atoms with E-state index in [-0.39, 0.29) is 0 Å². The first kappa shape index (κ1) is 11.1. The number of nitrogens with one attached hydrogen (secondary N) is 1. The van der Waals surface area contributed by atoms with Crippen molar-refractivity contribution in [3.05, 3.63) is 16.0 Å². The molecule has 1 aromatic rings. The van der Waals surface area contributed by atoms with Crippen molar-refractivity contribution in [1.82, 2.24) is 9.97 Å². The number of rotatable bonds is 2. The summed E-state index contributed by atoms with van der Waals surface area (Å²) in [6, 6.07) is 0.554. The molecule has 1 heterocycles. The summed E-state index contributed by atoms with van der Waals surface area (Å²) in [5.74, 6) is 1.51. The summed E-state index contributed by atoms with van der Waals surface area (Å²) in [6.07, 6.45) is 8.96. The second-order valence-electron chi connectivity index (χ2n) is 4.24. The lowest BCUT2D eigenvalue weighted by Crippen LogP contribution is -2.31. The highest BCUT2D eigenvalue weighted by Gasteiger charge is 2.21. The van der Waals surface area contributed by atoms with E-state index in [0.717, 1.165) is 15.4 Å². The van der Waals surface area contributed by atoms with E-state index in [4.69, 9.17) is 0 Å². The molecule has 3 nitrogen and oxygen atoms in total. The molecular weight excluding hydrogens is 301 g/mol. The van der Waals surface area contributed by atoms with Gasteiger partial charge in [-0.05, 0) is 41.4 Å². The Labute approximate surface area is 104 Å². The Morgan fingerprint density at radius 1 is 1.27 bits per heavy atom. The van der Waals surface area contributed by atoms with Crippen molar-refractivity contribution in [3.8, 4) is 0 Å². The molecule has 0 radical (unpaired) electrons. The SMILES string of the molecule is CC1CCCCC1Nc1ncc(I)cn1. The zero-order chi connectivity index (χ0) is 10.7. The van der Waals surface area contributed by atoms with Crippen LogP contribution in [-0.4, -0.2) is 16.0 Å². The van der Waals surface area contributed by atoms with Crippen molar-refractivity contribution >= 4 is 28.5 Å². The third-order valence-corrected chi connectivity index (χ3v) is 3.60. The van der Waals surface area contributed by atoms with E-state index >= 15 is 0 Å². The Morgan fingerprint density at radius 2 is 1.93 bits per heavy atom. The fourth-order valence-corrected chi connectivity index (χ4v) is 2.36. The summed E-state index contributed by atoms with van der Waals surface area (Å²) in [4.78, 5) is 8.55. The molecule has 1 aliphatic rings. The van der Waals surface area contributed by atoms with E-state index in [1.807, 2.05) is 12.4 Å². The van der Waals surface area contributed by atoms with Crippen LogP contribution in [0.3, 0.4) is 0 Å². The van der Waals surface area contributed by atoms with Gasteiger partial charge in [-0.1, -0.05) is 19.8 Å². The van der Waals surface area contributed by atoms with Gasteiger partial charge < -0.3 is 5.32 Å². The predicted octanol–water partition coefficient (Wildman–Crippen LogP) is 3.07. The van der Waals surface area contributed by atoms with Crippen LogP contribution < -0.4 is 5.32 Å². The van der Waals surface area contributed by atoms with Crippen molar-refractivity contribution in [2.75, 3.05) is 5.32 Å². The molecule has 0 bridgehead atoms. The predicted molar refractivity (Wildman–Crippen MR) is 69.8 cm³/mol. The zero-order valence-corrected chi connectivity index (χ0v) is 11.1. The fraction of sp³-hybridized carbons (Fsp3) is 0.636. The van der Waals surface area contributed by atoms with Crippen molar-refractivity contribution in [2.45, 2.75) is 38.6 Å². The van der Waals surface area contributed by atoms with Crippen LogP contribution >= 0.6 is 22.6 Å². The molecule has 0 aromatic carbocycles. The molecule has 0 aliphatic heterocycles. The molecule has 1 saturated carbocycles. The molecule has 2 rings (SSSR count). The van der Waals surface area contributed by atoms with E-state index < -0.39 is 0 Å². The molecule has 2 unspecified atom stereocenters. The van der Waals surface area contributed by atoms with Crippen molar-refractivity contribution in [2.24, 2.45) is 5.92 Å². The summed E-state index contributed by atoms with van der Waals surface area (Å²) in [6.45, 7) is 2.31. The van der Waals surface area contributed by atoms with E-state index in [2.05, 4.69) is 44.8 Å². The average Bonchev–Trinajstić information content (AvgIpc) is 2.25. The maximum absolute atomic E-state index is 4.28. The van der Waals surface area contributed by atoms with E-state index in [0.29, 0.717) is 6.04 Å². The molecular formula is C11H16IN3. The first-order chi connectivity index (χ1) is 7.25. The topological polar surface area (TPSA) is 37.8 Å². The highest BCUT2D eigenvalue weighted by Crippen LogP contribution is 2.25. The van der Waals surface area contributed by atoms with Gasteiger partial charge in [0.05, 0.1) is 0 Å². The van der Waals surface area contributed by atoms with Gasteiger partial charge in [0.1, 0.15) is 0 Å². The van der Waals surface area contributed by atoms with Gasteiger partial charge in [0.25, 0.3) is 0 Å². The van der Waals surface area contributed by atoms with Gasteiger partial charge in [-0.15, -0.1) is 0 Å². The molecule has 0 saturated heterocycles. The van der Waals surface area contributed by atoms with Gasteiger partial charge in [-0.25, -0.2) is 9.97 Å². The molecule has 15 heavy (non-hydrogen) atoms. The number of hydrogen-bond acceptors (Lipinski definition) is 3. The highest BCUT2D eigenvalue weighted by atomic mass is 127. The molecule has 1 N–H and O–H groups in total. The first-order valence-corrected chi connectivity index (χ1v) is 6.57. The van der Waals surface area contributed by atoms with Crippen LogP contribution in [0.1, 0.15) is 32.6 Å². The Bertz CT molecular complexity index is 312. The molecule has 82 valence electrons. The highest BCUT2D eigenvalue weighted by molar-refractivity contribution is 14.1. The van der Waals surface area contributed by atoms with E-state index in [9.17, 15) is 0 Å². The summed E-state index contributed by atoms with van der Waals surface area (Å²) >= 11 is 2.22. The Morgan fingerprint density at radius 3 is 2.60 bits per heavy atom. The normalized spacial score (nSPS) is 26.3. The van der Waals surface area contributed by atoms with Gasteiger partial charge in [0.2, 0.25) is 5.95 Å². The van der Waals surface area contributed by atoms with Gasteiger partial charge >= 0.3 is 0 Å². The standard InChI is InChI=1S/C11H16IN3/c1-8-4-2-3-5-10(8)15-11-13-6-9(12)7-14-11/h6-8,10H,2-5H2,1H3,(H,13,14,15). The third-order valence-electron chi connectivity index (χ3n) is 3.05. The summed E-state index contributed by atoms with van der Waals surface area (Å²) in [5, 5.41) is 3.43. The molecule has 1 aromatic heterocycles. The Balaban J connectivity index is 1.98. The Hall–Kier alpha value is -0.390. The number of anilines is 1. The van der Waals surface area contributed by atoms with Gasteiger partial charge in [-0.2, -0.15) is 0 Å². The van der Waals surface area contributed by atoms with Gasteiger partial charge in [0.15, 0.2) is 0 Å². The van der Waals surface area contributed by atoms with Crippen molar-refractivity contribution < 1.29 is 0 Å². The van der Waals surface area contributed by atoms with Crippen LogP contribution in [-0.2, 0) is 0 Å². The maximum Gasteiger partial charge on any atom is 0.222 e.